The normalized spacial score (nSPS) is 10.4. The minimum Gasteiger partial charge on any atom is -0.465 e. The summed E-state index contributed by atoms with van der Waals surface area (Å²) in [5.74, 6) is -0.547. The van der Waals surface area contributed by atoms with Crippen LogP contribution in [-0.4, -0.2) is 33.9 Å². The maximum atomic E-state index is 12.7. The Morgan fingerprint density at radius 2 is 1.59 bits per heavy atom. The number of hydrogen-bond acceptors (Lipinski definition) is 5. The van der Waals surface area contributed by atoms with Gasteiger partial charge in [-0.05, 0) is 54.4 Å². The molecule has 7 heteroatoms. The average molecular weight is 493 g/mol. The Hall–Kier alpha value is -4.78. The third-order valence-corrected chi connectivity index (χ3v) is 5.92. The van der Waals surface area contributed by atoms with E-state index in [1.54, 1.807) is 24.3 Å². The first-order valence-corrected chi connectivity index (χ1v) is 12.0. The fourth-order valence-electron chi connectivity index (χ4n) is 4.03. The van der Waals surface area contributed by atoms with Gasteiger partial charge in [0.1, 0.15) is 12.0 Å². The van der Waals surface area contributed by atoms with Gasteiger partial charge in [0, 0.05) is 27.9 Å². The highest BCUT2D eigenvalue weighted by molar-refractivity contribution is 6.05. The second kappa shape index (κ2) is 11.3. The van der Waals surface area contributed by atoms with Gasteiger partial charge in [-0.3, -0.25) is 4.79 Å². The van der Waals surface area contributed by atoms with Gasteiger partial charge in [0.05, 0.1) is 18.4 Å². The van der Waals surface area contributed by atoms with Gasteiger partial charge >= 0.3 is 5.97 Å². The smallest absolute Gasteiger partial charge is 0.337 e. The molecule has 0 aliphatic heterocycles. The van der Waals surface area contributed by atoms with E-state index < -0.39 is 0 Å². The number of anilines is 1. The Balaban J connectivity index is 0.00000156. The van der Waals surface area contributed by atoms with Crippen LogP contribution in [0.25, 0.3) is 33.5 Å². The number of aromatic amines is 1. The monoisotopic (exact) mass is 492 g/mol. The molecule has 0 saturated carbocycles. The van der Waals surface area contributed by atoms with Crippen LogP contribution in [0.3, 0.4) is 0 Å². The van der Waals surface area contributed by atoms with E-state index >= 15 is 0 Å². The summed E-state index contributed by atoms with van der Waals surface area (Å²) in [5.41, 5.74) is 6.81. The molecule has 37 heavy (non-hydrogen) atoms. The van der Waals surface area contributed by atoms with Gasteiger partial charge in [0.15, 0.2) is 0 Å². The number of fused-ring (bicyclic) bond motifs is 1. The average Bonchev–Trinajstić information content (AvgIpc) is 3.40. The van der Waals surface area contributed by atoms with Gasteiger partial charge in [-0.2, -0.15) is 0 Å². The summed E-state index contributed by atoms with van der Waals surface area (Å²) in [7, 11) is 1.36. The molecule has 2 aromatic heterocycles. The van der Waals surface area contributed by atoms with E-state index in [1.807, 2.05) is 75.4 Å². The zero-order valence-electron chi connectivity index (χ0n) is 21.2. The highest BCUT2D eigenvalue weighted by atomic mass is 16.5. The van der Waals surface area contributed by atoms with Crippen molar-refractivity contribution in [3.8, 4) is 22.5 Å². The van der Waals surface area contributed by atoms with Crippen LogP contribution in [0.15, 0.2) is 85.2 Å². The van der Waals surface area contributed by atoms with Crippen LogP contribution in [0.5, 0.6) is 0 Å². The molecule has 5 rings (SSSR count). The molecule has 2 N–H and O–H groups in total. The molecular formula is C30H28N4O3. The SMILES string of the molecule is CC.COC(=O)c1ccc(-c2cc3c(-c4cccc(NC(=O)c5ccccc5)c4C)ncnc3[nH]2)cc1. The molecule has 1 amide bonds. The fourth-order valence-corrected chi connectivity index (χ4v) is 4.03. The Labute approximate surface area is 215 Å². The van der Waals surface area contributed by atoms with Crippen LogP contribution in [0.2, 0.25) is 0 Å². The largest absolute Gasteiger partial charge is 0.465 e. The zero-order chi connectivity index (χ0) is 26.4. The maximum absolute atomic E-state index is 12.7. The number of amides is 1. The molecule has 0 bridgehead atoms. The number of nitrogens with one attached hydrogen (secondary N) is 2. The molecule has 0 fully saturated rings. The van der Waals surface area contributed by atoms with Crippen molar-refractivity contribution < 1.29 is 14.3 Å². The first-order chi connectivity index (χ1) is 18.0. The predicted octanol–water partition coefficient (Wildman–Crippen LogP) is 6.67. The van der Waals surface area contributed by atoms with Gasteiger partial charge in [0.2, 0.25) is 0 Å². The molecule has 7 nitrogen and oxygen atoms in total. The first kappa shape index (κ1) is 25.3. The molecule has 0 radical (unpaired) electrons. The van der Waals surface area contributed by atoms with E-state index in [0.29, 0.717) is 16.8 Å². The molecule has 2 heterocycles. The second-order valence-corrected chi connectivity index (χ2v) is 8.03. The van der Waals surface area contributed by atoms with Crippen molar-refractivity contribution in [3.63, 3.8) is 0 Å². The number of esters is 1. The van der Waals surface area contributed by atoms with E-state index in [0.717, 1.165) is 39.2 Å². The summed E-state index contributed by atoms with van der Waals surface area (Å²) >= 11 is 0. The second-order valence-electron chi connectivity index (χ2n) is 8.03. The van der Waals surface area contributed by atoms with E-state index in [4.69, 9.17) is 4.74 Å². The lowest BCUT2D eigenvalue weighted by molar-refractivity contribution is 0.0600. The summed E-state index contributed by atoms with van der Waals surface area (Å²) in [6.45, 7) is 5.96. The van der Waals surface area contributed by atoms with Crippen molar-refractivity contribution in [2.45, 2.75) is 20.8 Å². The van der Waals surface area contributed by atoms with Gasteiger partial charge in [-0.25, -0.2) is 14.8 Å². The number of carbonyl (C=O) groups excluding carboxylic acids is 2. The summed E-state index contributed by atoms with van der Waals surface area (Å²) in [6.07, 6.45) is 1.52. The number of rotatable bonds is 5. The van der Waals surface area contributed by atoms with Crippen molar-refractivity contribution in [1.29, 1.82) is 0 Å². The van der Waals surface area contributed by atoms with Crippen LogP contribution in [0, 0.1) is 6.92 Å². The molecular weight excluding hydrogens is 464 g/mol. The topological polar surface area (TPSA) is 97.0 Å². The van der Waals surface area contributed by atoms with E-state index in [9.17, 15) is 9.59 Å². The molecule has 186 valence electrons. The number of carbonyl (C=O) groups is 2. The highest BCUT2D eigenvalue weighted by Crippen LogP contribution is 2.34. The number of hydrogen-bond donors (Lipinski definition) is 2. The molecule has 5 aromatic rings. The number of ether oxygens (including phenoxy) is 1. The number of methoxy groups -OCH3 is 1. The minimum absolute atomic E-state index is 0.169. The van der Waals surface area contributed by atoms with Crippen molar-refractivity contribution in [3.05, 3.63) is 102 Å². The number of nitrogens with zero attached hydrogens (tertiary/aromatic N) is 2. The van der Waals surface area contributed by atoms with Gasteiger partial charge in [-0.1, -0.05) is 56.3 Å². The Bertz CT molecular complexity index is 1540. The summed E-state index contributed by atoms with van der Waals surface area (Å²) in [6, 6.07) is 24.0. The summed E-state index contributed by atoms with van der Waals surface area (Å²) in [4.78, 5) is 36.7. The number of aromatic nitrogens is 3. The quantitative estimate of drug-likeness (QED) is 0.267. The molecule has 0 unspecified atom stereocenters. The number of benzene rings is 3. The lowest BCUT2D eigenvalue weighted by atomic mass is 10.0. The highest BCUT2D eigenvalue weighted by Gasteiger charge is 2.16. The molecule has 0 atom stereocenters. The van der Waals surface area contributed by atoms with Crippen molar-refractivity contribution in [2.24, 2.45) is 0 Å². The lowest BCUT2D eigenvalue weighted by Crippen LogP contribution is -2.12. The van der Waals surface area contributed by atoms with Crippen molar-refractivity contribution in [2.75, 3.05) is 12.4 Å². The Kier molecular flexibility index (Phi) is 7.74. The predicted molar refractivity (Wildman–Crippen MR) is 147 cm³/mol. The van der Waals surface area contributed by atoms with Crippen LogP contribution < -0.4 is 5.32 Å². The molecule has 3 aromatic carbocycles. The van der Waals surface area contributed by atoms with Crippen LogP contribution in [-0.2, 0) is 4.74 Å². The lowest BCUT2D eigenvalue weighted by Gasteiger charge is -2.13. The Morgan fingerprint density at radius 3 is 2.30 bits per heavy atom. The minimum atomic E-state index is -0.379. The fraction of sp³-hybridized carbons (Fsp3) is 0.133. The van der Waals surface area contributed by atoms with E-state index in [-0.39, 0.29) is 11.9 Å². The third-order valence-electron chi connectivity index (χ3n) is 5.92. The molecule has 0 spiro atoms. The summed E-state index contributed by atoms with van der Waals surface area (Å²) < 4.78 is 4.77. The van der Waals surface area contributed by atoms with Gasteiger partial charge in [-0.15, -0.1) is 0 Å². The van der Waals surface area contributed by atoms with Crippen molar-refractivity contribution in [1.82, 2.24) is 15.0 Å². The third kappa shape index (κ3) is 5.26. The van der Waals surface area contributed by atoms with Gasteiger partial charge in [0.25, 0.3) is 5.91 Å². The van der Waals surface area contributed by atoms with Crippen LogP contribution >= 0.6 is 0 Å². The van der Waals surface area contributed by atoms with E-state index in [1.165, 1.54) is 13.4 Å². The standard InChI is InChI=1S/C28H22N4O3.C2H6/c1-17-21(9-6-10-23(17)32-27(33)19-7-4-3-5-8-19)25-22-15-24(31-26(22)30-16-29-25)18-11-13-20(14-12-18)28(34)35-2;1-2/h3-16H,1-2H3,(H,32,33)(H,29,30,31);1-2H3. The number of H-pyrrole nitrogens is 1. The maximum Gasteiger partial charge on any atom is 0.337 e. The van der Waals surface area contributed by atoms with Crippen LogP contribution in [0.1, 0.15) is 40.1 Å². The van der Waals surface area contributed by atoms with Crippen molar-refractivity contribution >= 4 is 28.6 Å². The molecule has 0 aliphatic rings. The summed E-state index contributed by atoms with van der Waals surface area (Å²) in [5, 5.41) is 3.86. The Morgan fingerprint density at radius 1 is 0.865 bits per heavy atom. The van der Waals surface area contributed by atoms with Crippen LogP contribution in [0.4, 0.5) is 5.69 Å². The van der Waals surface area contributed by atoms with E-state index in [2.05, 4.69) is 20.3 Å². The first-order valence-electron chi connectivity index (χ1n) is 12.0. The molecule has 0 aliphatic carbocycles. The molecule has 0 saturated heterocycles. The van der Waals surface area contributed by atoms with Gasteiger partial charge < -0.3 is 15.0 Å². The zero-order valence-corrected chi connectivity index (χ0v) is 21.2.